The van der Waals surface area contributed by atoms with Crippen LogP contribution in [0.1, 0.15) is 44.2 Å². The number of pyridine rings is 1. The lowest BCUT2D eigenvalue weighted by molar-refractivity contribution is -0.138. The summed E-state index contributed by atoms with van der Waals surface area (Å²) in [5.74, 6) is -0.753. The first-order chi connectivity index (χ1) is 15.5. The largest absolute Gasteiger partial charge is 0.423 e. The molecule has 2 aromatic rings. The molecule has 1 heterocycles. The maximum absolute atomic E-state index is 14.3. The monoisotopic (exact) mass is 491 g/mol. The molecule has 11 heteroatoms. The zero-order valence-electron chi connectivity index (χ0n) is 18.9. The van der Waals surface area contributed by atoms with Gasteiger partial charge in [-0.2, -0.15) is 13.2 Å². The molecule has 3 rings (SSSR count). The van der Waals surface area contributed by atoms with Crippen LogP contribution in [0, 0.1) is 12.7 Å². The van der Waals surface area contributed by atoms with Crippen LogP contribution in [-0.4, -0.2) is 32.2 Å². The van der Waals surface area contributed by atoms with Gasteiger partial charge in [-0.05, 0) is 55.8 Å². The van der Waals surface area contributed by atoms with Crippen molar-refractivity contribution in [2.75, 3.05) is 16.6 Å². The van der Waals surface area contributed by atoms with Gasteiger partial charge in [0.25, 0.3) is 5.56 Å². The van der Waals surface area contributed by atoms with Crippen molar-refractivity contribution in [3.8, 4) is 0 Å². The van der Waals surface area contributed by atoms with E-state index in [-0.39, 0.29) is 17.8 Å². The van der Waals surface area contributed by atoms with Crippen LogP contribution in [-0.2, 0) is 13.2 Å². The molecule has 6 nitrogen and oxygen atoms in total. The van der Waals surface area contributed by atoms with E-state index in [2.05, 4.69) is 10.0 Å². The summed E-state index contributed by atoms with van der Waals surface area (Å²) in [5, 5.41) is 21.2. The second-order valence-corrected chi connectivity index (χ2v) is 9.02. The van der Waals surface area contributed by atoms with Crippen molar-refractivity contribution < 1.29 is 27.8 Å². The van der Waals surface area contributed by atoms with Crippen LogP contribution in [0.3, 0.4) is 0 Å². The zero-order valence-corrected chi connectivity index (χ0v) is 19.7. The van der Waals surface area contributed by atoms with E-state index in [1.54, 1.807) is 6.92 Å². The Balaban J connectivity index is 0.00000187. The third-order valence-electron chi connectivity index (χ3n) is 5.05. The number of rotatable bonds is 8. The van der Waals surface area contributed by atoms with Gasteiger partial charge in [-0.25, -0.2) is 4.39 Å². The van der Waals surface area contributed by atoms with Crippen molar-refractivity contribution in [1.82, 2.24) is 4.57 Å². The van der Waals surface area contributed by atoms with Crippen molar-refractivity contribution in [3.63, 3.8) is 0 Å². The Morgan fingerprint density at radius 1 is 1.24 bits per heavy atom. The molecule has 1 saturated carbocycles. The molecule has 4 N–H and O–H groups in total. The molecule has 0 radical (unpaired) electrons. The molecule has 0 amide bonds. The first kappa shape index (κ1) is 27.0. The van der Waals surface area contributed by atoms with Gasteiger partial charge in [-0.1, -0.05) is 19.9 Å². The van der Waals surface area contributed by atoms with Crippen LogP contribution >= 0.6 is 11.9 Å². The number of nitrogens with zero attached hydrogens (tertiary/aromatic N) is 1. The van der Waals surface area contributed by atoms with Gasteiger partial charge in [0.15, 0.2) is 0 Å². The van der Waals surface area contributed by atoms with Crippen LogP contribution in [0.5, 0.6) is 0 Å². The Bertz CT molecular complexity index is 1020. The minimum Gasteiger partial charge on any atom is -0.394 e. The average Bonchev–Trinajstić information content (AvgIpc) is 3.51. The topological polar surface area (TPSA) is 86.5 Å². The van der Waals surface area contributed by atoms with Gasteiger partial charge in [-0.15, -0.1) is 0 Å². The lowest BCUT2D eigenvalue weighted by atomic mass is 10.1. The van der Waals surface area contributed by atoms with Gasteiger partial charge in [0.05, 0.1) is 29.8 Å². The van der Waals surface area contributed by atoms with Gasteiger partial charge in [0.2, 0.25) is 0 Å². The summed E-state index contributed by atoms with van der Waals surface area (Å²) in [6.07, 6.45) is -3.05. The number of alkyl halides is 3. The predicted molar refractivity (Wildman–Crippen MR) is 123 cm³/mol. The van der Waals surface area contributed by atoms with Gasteiger partial charge in [0.1, 0.15) is 11.4 Å². The fraction of sp³-hybridized carbons (Fsp3) is 0.500. The number of aryl methyl sites for hydroxylation is 2. The van der Waals surface area contributed by atoms with E-state index in [4.69, 9.17) is 5.11 Å². The fourth-order valence-corrected chi connectivity index (χ4v) is 4.27. The second-order valence-electron chi connectivity index (χ2n) is 7.74. The van der Waals surface area contributed by atoms with E-state index in [0.717, 1.165) is 16.5 Å². The normalized spacial score (nSPS) is 15.3. The molecule has 1 aromatic heterocycles. The number of hydrogen-bond acceptors (Lipinski definition) is 6. The molecule has 1 aliphatic carbocycles. The van der Waals surface area contributed by atoms with Crippen molar-refractivity contribution in [2.45, 2.75) is 57.1 Å². The number of aliphatic hydroxyl groups is 2. The number of anilines is 3. The van der Waals surface area contributed by atoms with Crippen LogP contribution in [0.15, 0.2) is 29.2 Å². The molecule has 33 heavy (non-hydrogen) atoms. The van der Waals surface area contributed by atoms with E-state index in [9.17, 15) is 27.5 Å². The highest BCUT2D eigenvalue weighted by molar-refractivity contribution is 8.02. The summed E-state index contributed by atoms with van der Waals surface area (Å²) in [6, 6.07) is 4.02. The maximum atomic E-state index is 14.3. The van der Waals surface area contributed by atoms with Crippen molar-refractivity contribution >= 4 is 29.0 Å². The highest BCUT2D eigenvalue weighted by atomic mass is 32.2. The molecular formula is C22H29F4N3O3S. The summed E-state index contributed by atoms with van der Waals surface area (Å²) >= 11 is 1.11. The summed E-state index contributed by atoms with van der Waals surface area (Å²) in [6.45, 7) is 5.23. The highest BCUT2D eigenvalue weighted by Crippen LogP contribution is 2.52. The van der Waals surface area contributed by atoms with Crippen molar-refractivity contribution in [2.24, 2.45) is 7.05 Å². The van der Waals surface area contributed by atoms with Crippen LogP contribution in [0.25, 0.3) is 0 Å². The molecule has 0 saturated heterocycles. The molecule has 0 spiro atoms. The van der Waals surface area contributed by atoms with E-state index >= 15 is 0 Å². The Morgan fingerprint density at radius 3 is 2.39 bits per heavy atom. The lowest BCUT2D eigenvalue weighted by Gasteiger charge is -2.23. The molecule has 184 valence electrons. The third kappa shape index (κ3) is 6.64. The van der Waals surface area contributed by atoms with Crippen LogP contribution in [0.2, 0.25) is 0 Å². The van der Waals surface area contributed by atoms with Gasteiger partial charge in [0, 0.05) is 18.0 Å². The first-order valence-corrected chi connectivity index (χ1v) is 11.3. The van der Waals surface area contributed by atoms with E-state index in [0.29, 0.717) is 18.4 Å². The first-order valence-electron chi connectivity index (χ1n) is 10.5. The quantitative estimate of drug-likeness (QED) is 0.309. The number of halogens is 4. The number of nitrogens with one attached hydrogen (secondary N) is 2. The third-order valence-corrected chi connectivity index (χ3v) is 6.38. The zero-order chi connectivity index (χ0) is 25.0. The lowest BCUT2D eigenvalue weighted by Crippen LogP contribution is -2.29. The van der Waals surface area contributed by atoms with Crippen molar-refractivity contribution in [3.05, 3.63) is 51.7 Å². The SMILES string of the molecule is CC.Cc1ccc(Nc2c(NSC3(CC(O)CO)CC3)cn(C)c(=O)c2C(F)(F)F)c(F)c1. The van der Waals surface area contributed by atoms with E-state index in [1.807, 2.05) is 13.8 Å². The number of aliphatic hydroxyl groups excluding tert-OH is 2. The van der Waals surface area contributed by atoms with Gasteiger partial charge in [-0.3, -0.25) is 4.79 Å². The predicted octanol–water partition coefficient (Wildman–Crippen LogP) is 4.96. The second kappa shape index (κ2) is 10.8. The Morgan fingerprint density at radius 2 is 1.88 bits per heavy atom. The molecule has 0 bridgehead atoms. The van der Waals surface area contributed by atoms with E-state index < -0.39 is 46.3 Å². The highest BCUT2D eigenvalue weighted by Gasteiger charge is 2.46. The summed E-state index contributed by atoms with van der Waals surface area (Å²) in [5.41, 5.74) is -2.95. The molecule has 1 unspecified atom stereocenters. The van der Waals surface area contributed by atoms with Crippen LogP contribution < -0.4 is 15.6 Å². The van der Waals surface area contributed by atoms with Crippen molar-refractivity contribution in [1.29, 1.82) is 0 Å². The van der Waals surface area contributed by atoms with E-state index in [1.165, 1.54) is 31.4 Å². The molecular weight excluding hydrogens is 462 g/mol. The molecule has 1 fully saturated rings. The summed E-state index contributed by atoms with van der Waals surface area (Å²) in [7, 11) is 1.20. The smallest absolute Gasteiger partial charge is 0.394 e. The molecule has 1 atom stereocenters. The molecule has 1 aliphatic rings. The minimum atomic E-state index is -4.98. The Hall–Kier alpha value is -2.24. The van der Waals surface area contributed by atoms with Crippen LogP contribution in [0.4, 0.5) is 34.6 Å². The Labute approximate surface area is 194 Å². The van der Waals surface area contributed by atoms with Gasteiger partial charge < -0.3 is 24.8 Å². The standard InChI is InChI=1S/C20H23F4N3O3S.C2H6/c1-11-3-4-14(13(21)7-11)25-17-15(9-27(2)18(30)16(17)20(22,23)24)26-31-19(5-6-19)8-12(29)10-28;1-2/h3-4,7,9,12,25-26,28-29H,5-6,8,10H2,1-2H3;1-2H3. The molecule has 1 aromatic carbocycles. The molecule has 0 aliphatic heterocycles. The maximum Gasteiger partial charge on any atom is 0.423 e. The summed E-state index contributed by atoms with van der Waals surface area (Å²) < 4.78 is 59.0. The number of aromatic nitrogens is 1. The van der Waals surface area contributed by atoms with Gasteiger partial charge >= 0.3 is 6.18 Å². The summed E-state index contributed by atoms with van der Waals surface area (Å²) in [4.78, 5) is 12.3. The number of benzene rings is 1. The fourth-order valence-electron chi connectivity index (χ4n) is 3.21. The minimum absolute atomic E-state index is 0.0517. The average molecular weight is 492 g/mol. The number of hydrogen-bond donors (Lipinski definition) is 4. The Kier molecular flexibility index (Phi) is 8.83.